The Hall–Kier alpha value is -1.96. The van der Waals surface area contributed by atoms with E-state index in [4.69, 9.17) is 0 Å². The first kappa shape index (κ1) is 21.3. The number of hydrogen-bond acceptors (Lipinski definition) is 2. The smallest absolute Gasteiger partial charge is 0.119 e. The third-order valence-corrected chi connectivity index (χ3v) is 5.54. The number of benzene rings is 2. The third kappa shape index (κ3) is 4.31. The molecule has 0 fully saturated rings. The summed E-state index contributed by atoms with van der Waals surface area (Å²) in [6.07, 6.45) is 0.963. The summed E-state index contributed by atoms with van der Waals surface area (Å²) in [5.74, 6) is 0.973. The second kappa shape index (κ2) is 7.22. The second-order valence-corrected chi connectivity index (χ2v) is 9.91. The summed E-state index contributed by atoms with van der Waals surface area (Å²) in [4.78, 5) is 0. The maximum Gasteiger partial charge on any atom is 0.119 e. The Kier molecular flexibility index (Phi) is 5.71. The van der Waals surface area contributed by atoms with Crippen molar-refractivity contribution in [3.8, 4) is 11.5 Å². The molecule has 2 nitrogen and oxygen atoms in total. The lowest BCUT2D eigenvalue weighted by molar-refractivity contribution is 0.445. The van der Waals surface area contributed by atoms with Gasteiger partial charge in [0.1, 0.15) is 11.5 Å². The molecule has 27 heavy (non-hydrogen) atoms. The summed E-state index contributed by atoms with van der Waals surface area (Å²) in [5.41, 5.74) is 6.46. The quantitative estimate of drug-likeness (QED) is 0.622. The van der Waals surface area contributed by atoms with Crippen molar-refractivity contribution >= 4 is 0 Å². The van der Waals surface area contributed by atoms with Gasteiger partial charge in [-0.25, -0.2) is 0 Å². The standard InChI is InChI=1S/C25H36O2/c1-10-17(18-13-20(24(4,5)6)22(26)11-15(18)2)19-14-21(25(7,8)9)23(27)12-16(19)3/h11-14,17,26-27H,10H2,1-9H3. The summed E-state index contributed by atoms with van der Waals surface area (Å²) in [5, 5.41) is 21.0. The summed E-state index contributed by atoms with van der Waals surface area (Å²) in [6.45, 7) is 19.1. The largest absolute Gasteiger partial charge is 0.508 e. The zero-order valence-corrected chi connectivity index (χ0v) is 18.5. The highest BCUT2D eigenvalue weighted by Gasteiger charge is 2.26. The maximum atomic E-state index is 10.5. The molecule has 0 saturated carbocycles. The van der Waals surface area contributed by atoms with Crippen molar-refractivity contribution in [1.82, 2.24) is 0 Å². The van der Waals surface area contributed by atoms with E-state index < -0.39 is 0 Å². The van der Waals surface area contributed by atoms with Crippen LogP contribution in [0.5, 0.6) is 11.5 Å². The molecule has 0 bridgehead atoms. The van der Waals surface area contributed by atoms with E-state index in [0.29, 0.717) is 11.5 Å². The summed E-state index contributed by atoms with van der Waals surface area (Å²) in [6, 6.07) is 8.17. The second-order valence-electron chi connectivity index (χ2n) is 9.91. The van der Waals surface area contributed by atoms with Gasteiger partial charge in [-0.15, -0.1) is 0 Å². The highest BCUT2D eigenvalue weighted by atomic mass is 16.3. The molecular weight excluding hydrogens is 332 g/mol. The zero-order valence-electron chi connectivity index (χ0n) is 18.5. The van der Waals surface area contributed by atoms with Crippen LogP contribution in [0.25, 0.3) is 0 Å². The Balaban J connectivity index is 2.72. The molecule has 148 valence electrons. The van der Waals surface area contributed by atoms with E-state index in [0.717, 1.165) is 28.7 Å². The summed E-state index contributed by atoms with van der Waals surface area (Å²) in [7, 11) is 0. The molecule has 0 unspecified atom stereocenters. The van der Waals surface area contributed by atoms with Crippen molar-refractivity contribution in [2.24, 2.45) is 0 Å². The topological polar surface area (TPSA) is 40.5 Å². The zero-order chi connectivity index (χ0) is 20.7. The Labute approximate surface area is 165 Å². The van der Waals surface area contributed by atoms with Crippen LogP contribution in [0.1, 0.15) is 94.2 Å². The highest BCUT2D eigenvalue weighted by Crippen LogP contribution is 2.41. The van der Waals surface area contributed by atoms with E-state index in [1.165, 1.54) is 11.1 Å². The molecule has 0 amide bonds. The molecule has 0 aliphatic carbocycles. The highest BCUT2D eigenvalue weighted by molar-refractivity contribution is 5.52. The van der Waals surface area contributed by atoms with E-state index in [2.05, 4.69) is 74.4 Å². The van der Waals surface area contributed by atoms with E-state index in [1.54, 1.807) is 0 Å². The van der Waals surface area contributed by atoms with Crippen LogP contribution in [0.4, 0.5) is 0 Å². The van der Waals surface area contributed by atoms with Gasteiger partial charge in [0.05, 0.1) is 0 Å². The Morgan fingerprint density at radius 3 is 1.30 bits per heavy atom. The minimum Gasteiger partial charge on any atom is -0.508 e. The van der Waals surface area contributed by atoms with Crippen molar-refractivity contribution in [2.75, 3.05) is 0 Å². The molecule has 2 N–H and O–H groups in total. The molecule has 2 rings (SSSR count). The van der Waals surface area contributed by atoms with Crippen LogP contribution in [0.15, 0.2) is 24.3 Å². The third-order valence-electron chi connectivity index (χ3n) is 5.54. The minimum absolute atomic E-state index is 0.120. The van der Waals surface area contributed by atoms with Crippen LogP contribution in [-0.2, 0) is 10.8 Å². The number of rotatable bonds is 3. The van der Waals surface area contributed by atoms with Crippen molar-refractivity contribution in [2.45, 2.75) is 85.5 Å². The van der Waals surface area contributed by atoms with Gasteiger partial charge in [0.25, 0.3) is 0 Å². The minimum atomic E-state index is -0.120. The fraction of sp³-hybridized carbons (Fsp3) is 0.520. The SMILES string of the molecule is CCC(c1cc(C(C)(C)C)c(O)cc1C)c1cc(C(C)(C)C)c(O)cc1C. The van der Waals surface area contributed by atoms with Crippen LogP contribution in [0, 0.1) is 13.8 Å². The molecule has 2 aromatic carbocycles. The Bertz CT molecular complexity index is 763. The number of phenols is 2. The molecule has 0 atom stereocenters. The molecule has 0 saturated heterocycles. The fourth-order valence-corrected chi connectivity index (χ4v) is 3.98. The monoisotopic (exact) mass is 368 g/mol. The molecule has 2 aromatic rings. The van der Waals surface area contributed by atoms with Crippen molar-refractivity contribution in [3.05, 3.63) is 57.6 Å². The van der Waals surface area contributed by atoms with Gasteiger partial charge < -0.3 is 10.2 Å². The van der Waals surface area contributed by atoms with Crippen LogP contribution < -0.4 is 0 Å². The number of aryl methyl sites for hydroxylation is 2. The number of hydrogen-bond donors (Lipinski definition) is 2. The molecule has 0 aromatic heterocycles. The van der Waals surface area contributed by atoms with Crippen LogP contribution in [-0.4, -0.2) is 10.2 Å². The normalized spacial score (nSPS) is 12.7. The van der Waals surface area contributed by atoms with Gasteiger partial charge in [0.15, 0.2) is 0 Å². The average molecular weight is 369 g/mol. The summed E-state index contributed by atoms with van der Waals surface area (Å²) < 4.78 is 0. The van der Waals surface area contributed by atoms with Gasteiger partial charge >= 0.3 is 0 Å². The Morgan fingerprint density at radius 1 is 0.704 bits per heavy atom. The number of phenolic OH excluding ortho intramolecular Hbond substituents is 2. The first-order valence-electron chi connectivity index (χ1n) is 9.95. The first-order valence-corrected chi connectivity index (χ1v) is 9.95. The molecule has 0 spiro atoms. The Morgan fingerprint density at radius 2 is 1.04 bits per heavy atom. The van der Waals surface area contributed by atoms with Gasteiger partial charge in [0.2, 0.25) is 0 Å². The van der Waals surface area contributed by atoms with Crippen molar-refractivity contribution in [3.63, 3.8) is 0 Å². The summed E-state index contributed by atoms with van der Waals surface area (Å²) >= 11 is 0. The van der Waals surface area contributed by atoms with Gasteiger partial charge in [-0.2, -0.15) is 0 Å². The fourth-order valence-electron chi connectivity index (χ4n) is 3.98. The van der Waals surface area contributed by atoms with Crippen LogP contribution in [0.2, 0.25) is 0 Å². The predicted molar refractivity (Wildman–Crippen MR) is 115 cm³/mol. The maximum absolute atomic E-state index is 10.5. The molecule has 0 heterocycles. The lowest BCUT2D eigenvalue weighted by Gasteiger charge is -2.28. The molecule has 0 radical (unpaired) electrons. The van der Waals surface area contributed by atoms with E-state index >= 15 is 0 Å². The van der Waals surface area contributed by atoms with Gasteiger partial charge in [-0.05, 0) is 76.6 Å². The molecule has 0 aliphatic heterocycles. The lowest BCUT2D eigenvalue weighted by Crippen LogP contribution is -2.15. The molecule has 0 aliphatic rings. The molecular formula is C25H36O2. The van der Waals surface area contributed by atoms with E-state index in [9.17, 15) is 10.2 Å². The van der Waals surface area contributed by atoms with E-state index in [1.807, 2.05) is 12.1 Å². The van der Waals surface area contributed by atoms with Crippen molar-refractivity contribution < 1.29 is 10.2 Å². The van der Waals surface area contributed by atoms with Gasteiger partial charge in [-0.1, -0.05) is 60.6 Å². The van der Waals surface area contributed by atoms with Crippen LogP contribution >= 0.6 is 0 Å². The van der Waals surface area contributed by atoms with Gasteiger partial charge in [0, 0.05) is 5.92 Å². The van der Waals surface area contributed by atoms with Crippen molar-refractivity contribution in [1.29, 1.82) is 0 Å². The first-order chi connectivity index (χ1) is 12.3. The lowest BCUT2D eigenvalue weighted by atomic mass is 9.77. The number of aromatic hydroxyl groups is 2. The predicted octanol–water partition coefficient (Wildman–Crippen LogP) is 6.85. The van der Waals surface area contributed by atoms with Crippen LogP contribution in [0.3, 0.4) is 0 Å². The molecule has 2 heteroatoms. The van der Waals surface area contributed by atoms with Gasteiger partial charge in [-0.3, -0.25) is 0 Å². The van der Waals surface area contributed by atoms with E-state index in [-0.39, 0.29) is 16.7 Å². The average Bonchev–Trinajstić information content (AvgIpc) is 2.48.